The Morgan fingerprint density at radius 2 is 1.66 bits per heavy atom. The molecule has 1 aliphatic rings. The molecule has 0 spiro atoms. The van der Waals surface area contributed by atoms with E-state index in [9.17, 15) is 18.8 Å². The highest BCUT2D eigenvalue weighted by molar-refractivity contribution is 5.97. The van der Waals surface area contributed by atoms with Crippen LogP contribution in [0.25, 0.3) is 0 Å². The predicted molar refractivity (Wildman–Crippen MR) is 121 cm³/mol. The highest BCUT2D eigenvalue weighted by Crippen LogP contribution is 2.15. The number of nitrogens with zero attached hydrogens (tertiary/aromatic N) is 1. The van der Waals surface area contributed by atoms with Gasteiger partial charge in [0.05, 0.1) is 0 Å². The molecule has 1 atom stereocenters. The van der Waals surface area contributed by atoms with E-state index in [0.29, 0.717) is 5.56 Å². The zero-order valence-corrected chi connectivity index (χ0v) is 18.6. The van der Waals surface area contributed by atoms with Crippen LogP contribution in [0.1, 0.15) is 59.4 Å². The maximum Gasteiger partial charge on any atom is 0.253 e. The van der Waals surface area contributed by atoms with Crippen molar-refractivity contribution < 1.29 is 18.8 Å². The topological polar surface area (TPSA) is 78.5 Å². The minimum Gasteiger partial charge on any atom is -0.350 e. The van der Waals surface area contributed by atoms with Gasteiger partial charge in [0.2, 0.25) is 5.91 Å². The molecule has 6 nitrogen and oxygen atoms in total. The summed E-state index contributed by atoms with van der Waals surface area (Å²) in [4.78, 5) is 39.9. The Bertz CT molecular complexity index is 953. The highest BCUT2D eigenvalue weighted by Gasteiger charge is 2.25. The van der Waals surface area contributed by atoms with E-state index < -0.39 is 17.8 Å². The molecule has 2 aromatic rings. The van der Waals surface area contributed by atoms with Crippen LogP contribution >= 0.6 is 0 Å². The van der Waals surface area contributed by atoms with E-state index in [4.69, 9.17) is 0 Å². The van der Waals surface area contributed by atoms with Crippen molar-refractivity contribution in [2.75, 3.05) is 13.1 Å². The number of carbonyl (C=O) groups is 3. The maximum atomic E-state index is 13.1. The van der Waals surface area contributed by atoms with Gasteiger partial charge in [0.25, 0.3) is 11.8 Å². The van der Waals surface area contributed by atoms with Gasteiger partial charge in [-0.15, -0.1) is 0 Å². The monoisotopic (exact) mass is 439 g/mol. The first-order chi connectivity index (χ1) is 15.3. The van der Waals surface area contributed by atoms with Crippen LogP contribution in [-0.4, -0.2) is 41.8 Å². The highest BCUT2D eigenvalue weighted by atomic mass is 19.1. The van der Waals surface area contributed by atoms with E-state index in [2.05, 4.69) is 10.6 Å². The normalized spacial score (nSPS) is 14.7. The number of amides is 3. The maximum absolute atomic E-state index is 13.1. The number of piperidine rings is 1. The van der Waals surface area contributed by atoms with Crippen LogP contribution in [0.2, 0.25) is 0 Å². The van der Waals surface area contributed by atoms with Gasteiger partial charge in [-0.25, -0.2) is 4.39 Å². The summed E-state index contributed by atoms with van der Waals surface area (Å²) in [7, 11) is 0. The lowest BCUT2D eigenvalue weighted by Gasteiger charge is -2.27. The van der Waals surface area contributed by atoms with E-state index >= 15 is 0 Å². The summed E-state index contributed by atoms with van der Waals surface area (Å²) in [6, 6.07) is 11.7. The van der Waals surface area contributed by atoms with Gasteiger partial charge in [0.15, 0.2) is 0 Å². The standard InChI is InChI=1S/C25H30FN3O3/c1-17(2)22(28-23(30)19-9-11-21(26)12-10-19)24(31)27-16-18-7-6-8-20(15-18)25(32)29-13-4-3-5-14-29/h6-12,15,17,22H,3-5,13-14,16H2,1-2H3,(H,27,31)(H,28,30). The van der Waals surface area contributed by atoms with Gasteiger partial charge in [0.1, 0.15) is 11.9 Å². The van der Waals surface area contributed by atoms with Gasteiger partial charge in [-0.05, 0) is 67.1 Å². The smallest absolute Gasteiger partial charge is 0.253 e. The molecule has 0 bridgehead atoms. The largest absolute Gasteiger partial charge is 0.350 e. The van der Waals surface area contributed by atoms with Crippen LogP contribution in [-0.2, 0) is 11.3 Å². The molecule has 2 N–H and O–H groups in total. The van der Waals surface area contributed by atoms with Gasteiger partial charge in [-0.1, -0.05) is 26.0 Å². The van der Waals surface area contributed by atoms with Crippen LogP contribution in [0, 0.1) is 11.7 Å². The number of rotatable bonds is 7. The fourth-order valence-corrected chi connectivity index (χ4v) is 3.75. The zero-order chi connectivity index (χ0) is 23.1. The summed E-state index contributed by atoms with van der Waals surface area (Å²) in [5, 5.41) is 5.58. The third kappa shape index (κ3) is 6.15. The Labute approximate surface area is 188 Å². The molecule has 3 rings (SSSR count). The third-order valence-electron chi connectivity index (χ3n) is 5.63. The molecule has 32 heavy (non-hydrogen) atoms. The second-order valence-electron chi connectivity index (χ2n) is 8.47. The molecule has 0 aliphatic carbocycles. The van der Waals surface area contributed by atoms with E-state index in [-0.39, 0.29) is 29.8 Å². The number of hydrogen-bond acceptors (Lipinski definition) is 3. The molecule has 1 saturated heterocycles. The first-order valence-electron chi connectivity index (χ1n) is 11.1. The molecule has 0 radical (unpaired) electrons. The first kappa shape index (κ1) is 23.4. The van der Waals surface area contributed by atoms with Gasteiger partial charge in [-0.3, -0.25) is 14.4 Å². The molecule has 1 fully saturated rings. The lowest BCUT2D eigenvalue weighted by atomic mass is 10.0. The van der Waals surface area contributed by atoms with Crippen molar-refractivity contribution in [1.29, 1.82) is 0 Å². The number of benzene rings is 2. The van der Waals surface area contributed by atoms with Crippen molar-refractivity contribution in [3.05, 3.63) is 71.0 Å². The summed E-state index contributed by atoms with van der Waals surface area (Å²) in [5.41, 5.74) is 1.71. The summed E-state index contributed by atoms with van der Waals surface area (Å²) in [6.45, 7) is 5.49. The van der Waals surface area contributed by atoms with Crippen molar-refractivity contribution in [1.82, 2.24) is 15.5 Å². The Morgan fingerprint density at radius 3 is 2.31 bits per heavy atom. The lowest BCUT2D eigenvalue weighted by Crippen LogP contribution is -2.49. The van der Waals surface area contributed by atoms with Crippen LogP contribution in [0.3, 0.4) is 0 Å². The fraction of sp³-hybridized carbons (Fsp3) is 0.400. The second kappa shape index (κ2) is 10.9. The Kier molecular flexibility index (Phi) is 7.98. The van der Waals surface area contributed by atoms with Crippen molar-refractivity contribution in [2.45, 2.75) is 45.7 Å². The predicted octanol–water partition coefficient (Wildman–Crippen LogP) is 3.52. The summed E-state index contributed by atoms with van der Waals surface area (Å²) >= 11 is 0. The summed E-state index contributed by atoms with van der Waals surface area (Å²) in [5.74, 6) is -1.31. The number of hydrogen-bond donors (Lipinski definition) is 2. The van der Waals surface area contributed by atoms with Gasteiger partial charge >= 0.3 is 0 Å². The summed E-state index contributed by atoms with van der Waals surface area (Å²) in [6.07, 6.45) is 3.22. The molecule has 3 amide bonds. The lowest BCUT2D eigenvalue weighted by molar-refractivity contribution is -0.124. The van der Waals surface area contributed by atoms with E-state index in [1.807, 2.05) is 30.9 Å². The summed E-state index contributed by atoms with van der Waals surface area (Å²) < 4.78 is 13.1. The van der Waals surface area contributed by atoms with Crippen LogP contribution in [0.15, 0.2) is 48.5 Å². The Morgan fingerprint density at radius 1 is 0.969 bits per heavy atom. The van der Waals surface area contributed by atoms with Gasteiger partial charge in [-0.2, -0.15) is 0 Å². The average molecular weight is 440 g/mol. The SMILES string of the molecule is CC(C)C(NC(=O)c1ccc(F)cc1)C(=O)NCc1cccc(C(=O)N2CCCCC2)c1. The molecule has 1 heterocycles. The van der Waals surface area contributed by atoms with Crippen molar-refractivity contribution in [3.63, 3.8) is 0 Å². The van der Waals surface area contributed by atoms with Crippen molar-refractivity contribution in [3.8, 4) is 0 Å². The van der Waals surface area contributed by atoms with Crippen molar-refractivity contribution in [2.24, 2.45) is 5.92 Å². The number of likely N-dealkylation sites (tertiary alicyclic amines) is 1. The molecule has 0 saturated carbocycles. The molecule has 170 valence electrons. The molecule has 0 aromatic heterocycles. The molecule has 7 heteroatoms. The number of nitrogens with one attached hydrogen (secondary N) is 2. The fourth-order valence-electron chi connectivity index (χ4n) is 3.75. The van der Waals surface area contributed by atoms with E-state index in [1.165, 1.54) is 24.3 Å². The Balaban J connectivity index is 1.60. The van der Waals surface area contributed by atoms with Crippen LogP contribution in [0.4, 0.5) is 4.39 Å². The van der Waals surface area contributed by atoms with E-state index in [1.54, 1.807) is 12.1 Å². The number of halogens is 1. The van der Waals surface area contributed by atoms with Crippen LogP contribution in [0.5, 0.6) is 0 Å². The first-order valence-corrected chi connectivity index (χ1v) is 11.1. The molecule has 1 aliphatic heterocycles. The van der Waals surface area contributed by atoms with Crippen LogP contribution < -0.4 is 10.6 Å². The minimum atomic E-state index is -0.745. The molecular formula is C25H30FN3O3. The Hall–Kier alpha value is -3.22. The quantitative estimate of drug-likeness (QED) is 0.693. The average Bonchev–Trinajstić information content (AvgIpc) is 2.81. The third-order valence-corrected chi connectivity index (χ3v) is 5.63. The number of carbonyl (C=O) groups excluding carboxylic acids is 3. The van der Waals surface area contributed by atoms with Gasteiger partial charge < -0.3 is 15.5 Å². The van der Waals surface area contributed by atoms with E-state index in [0.717, 1.165) is 37.9 Å². The second-order valence-corrected chi connectivity index (χ2v) is 8.47. The molecule has 1 unspecified atom stereocenters. The minimum absolute atomic E-state index is 0.0181. The molecular weight excluding hydrogens is 409 g/mol. The van der Waals surface area contributed by atoms with Gasteiger partial charge in [0, 0.05) is 30.8 Å². The molecule has 2 aromatic carbocycles. The zero-order valence-electron chi connectivity index (χ0n) is 18.6. The van der Waals surface area contributed by atoms with Crippen molar-refractivity contribution >= 4 is 17.7 Å².